The molecule has 0 radical (unpaired) electrons. The van der Waals surface area contributed by atoms with E-state index in [9.17, 15) is 4.79 Å². The molecule has 0 bridgehead atoms. The third-order valence-corrected chi connectivity index (χ3v) is 4.91. The largest absolute Gasteiger partial charge is 0.353 e. The van der Waals surface area contributed by atoms with Crippen LogP contribution < -0.4 is 10.6 Å². The Balaban J connectivity index is 1.51. The first kappa shape index (κ1) is 15.8. The van der Waals surface area contributed by atoms with Crippen molar-refractivity contribution in [3.8, 4) is 0 Å². The highest BCUT2D eigenvalue weighted by atomic mass is 16.1. The van der Waals surface area contributed by atoms with Crippen molar-refractivity contribution in [1.29, 1.82) is 0 Å². The molecular formula is C17H32N2O. The van der Waals surface area contributed by atoms with Crippen molar-refractivity contribution in [2.45, 2.75) is 84.2 Å². The number of nitrogens with one attached hydrogen (secondary N) is 2. The molecule has 2 fully saturated rings. The Labute approximate surface area is 124 Å². The van der Waals surface area contributed by atoms with Gasteiger partial charge in [0.1, 0.15) is 0 Å². The zero-order valence-corrected chi connectivity index (χ0v) is 13.5. The first-order valence-corrected chi connectivity index (χ1v) is 8.48. The lowest BCUT2D eigenvalue weighted by Gasteiger charge is -2.37. The van der Waals surface area contributed by atoms with E-state index in [1.54, 1.807) is 0 Å². The molecule has 0 aromatic rings. The number of carbonyl (C=O) groups is 1. The maximum Gasteiger partial charge on any atom is 0.220 e. The lowest BCUT2D eigenvalue weighted by Crippen LogP contribution is -2.37. The molecular weight excluding hydrogens is 248 g/mol. The maximum atomic E-state index is 11.6. The van der Waals surface area contributed by atoms with Crippen LogP contribution in [-0.2, 0) is 4.79 Å². The van der Waals surface area contributed by atoms with E-state index in [0.717, 1.165) is 18.9 Å². The minimum absolute atomic E-state index is 0.241. The van der Waals surface area contributed by atoms with E-state index in [1.165, 1.54) is 38.5 Å². The second-order valence-electron chi connectivity index (χ2n) is 7.81. The van der Waals surface area contributed by atoms with Crippen molar-refractivity contribution in [1.82, 2.24) is 10.6 Å². The minimum Gasteiger partial charge on any atom is -0.353 e. The summed E-state index contributed by atoms with van der Waals surface area (Å²) >= 11 is 0. The van der Waals surface area contributed by atoms with Crippen molar-refractivity contribution in [3.63, 3.8) is 0 Å². The molecule has 2 aliphatic rings. The average Bonchev–Trinajstić information content (AvgIpc) is 3.18. The molecule has 20 heavy (non-hydrogen) atoms. The molecule has 0 saturated heterocycles. The molecule has 0 aromatic heterocycles. The second kappa shape index (κ2) is 6.93. The SMILES string of the molecule is CC(C)(C)C1CCC(NCCCC(=O)NC2CC2)CC1. The van der Waals surface area contributed by atoms with Crippen molar-refractivity contribution < 1.29 is 4.79 Å². The number of hydrogen-bond donors (Lipinski definition) is 2. The number of carbonyl (C=O) groups excluding carboxylic acids is 1. The van der Waals surface area contributed by atoms with Crippen LogP contribution in [0.1, 0.15) is 72.1 Å². The summed E-state index contributed by atoms with van der Waals surface area (Å²) in [6, 6.07) is 1.18. The molecule has 0 aromatic carbocycles. The molecule has 3 heteroatoms. The fraction of sp³-hybridized carbons (Fsp3) is 0.941. The van der Waals surface area contributed by atoms with Crippen LogP contribution in [0, 0.1) is 11.3 Å². The van der Waals surface area contributed by atoms with Crippen molar-refractivity contribution in [2.24, 2.45) is 11.3 Å². The van der Waals surface area contributed by atoms with Gasteiger partial charge in [-0.3, -0.25) is 4.79 Å². The highest BCUT2D eigenvalue weighted by molar-refractivity contribution is 5.76. The summed E-state index contributed by atoms with van der Waals surface area (Å²) in [5.74, 6) is 1.12. The minimum atomic E-state index is 0.241. The molecule has 116 valence electrons. The van der Waals surface area contributed by atoms with Gasteiger partial charge in [-0.2, -0.15) is 0 Å². The number of amides is 1. The first-order chi connectivity index (χ1) is 9.45. The van der Waals surface area contributed by atoms with Gasteiger partial charge in [0.2, 0.25) is 5.91 Å². The zero-order valence-electron chi connectivity index (χ0n) is 13.5. The molecule has 2 rings (SSSR count). The molecule has 0 unspecified atom stereocenters. The molecule has 2 aliphatic carbocycles. The highest BCUT2D eigenvalue weighted by Gasteiger charge is 2.29. The van der Waals surface area contributed by atoms with Crippen LogP contribution in [0.25, 0.3) is 0 Å². The fourth-order valence-corrected chi connectivity index (χ4v) is 3.25. The summed E-state index contributed by atoms with van der Waals surface area (Å²) in [5.41, 5.74) is 0.464. The summed E-state index contributed by atoms with van der Waals surface area (Å²) in [7, 11) is 0. The van der Waals surface area contributed by atoms with Gasteiger partial charge >= 0.3 is 0 Å². The van der Waals surface area contributed by atoms with E-state index in [2.05, 4.69) is 31.4 Å². The van der Waals surface area contributed by atoms with E-state index in [0.29, 0.717) is 23.9 Å². The first-order valence-electron chi connectivity index (χ1n) is 8.48. The predicted molar refractivity (Wildman–Crippen MR) is 83.6 cm³/mol. The van der Waals surface area contributed by atoms with E-state index in [4.69, 9.17) is 0 Å². The Morgan fingerprint density at radius 1 is 1.00 bits per heavy atom. The molecule has 2 saturated carbocycles. The van der Waals surface area contributed by atoms with Gasteiger partial charge in [-0.1, -0.05) is 20.8 Å². The molecule has 3 nitrogen and oxygen atoms in total. The van der Waals surface area contributed by atoms with Crippen LogP contribution in [0.4, 0.5) is 0 Å². The summed E-state index contributed by atoms with van der Waals surface area (Å²) in [4.78, 5) is 11.6. The molecule has 0 aliphatic heterocycles. The van der Waals surface area contributed by atoms with Gasteiger partial charge < -0.3 is 10.6 Å². The van der Waals surface area contributed by atoms with Crippen LogP contribution >= 0.6 is 0 Å². The van der Waals surface area contributed by atoms with Crippen molar-refractivity contribution >= 4 is 5.91 Å². The Morgan fingerprint density at radius 3 is 2.15 bits per heavy atom. The molecule has 2 N–H and O–H groups in total. The van der Waals surface area contributed by atoms with Crippen molar-refractivity contribution in [2.75, 3.05) is 6.54 Å². The Morgan fingerprint density at radius 2 is 1.60 bits per heavy atom. The van der Waals surface area contributed by atoms with Crippen LogP contribution in [0.5, 0.6) is 0 Å². The highest BCUT2D eigenvalue weighted by Crippen LogP contribution is 2.37. The normalized spacial score (nSPS) is 27.4. The lowest BCUT2D eigenvalue weighted by atomic mass is 9.71. The van der Waals surface area contributed by atoms with Gasteiger partial charge in [0, 0.05) is 18.5 Å². The molecule has 0 spiro atoms. The number of hydrogen-bond acceptors (Lipinski definition) is 2. The third kappa shape index (κ3) is 5.43. The van der Waals surface area contributed by atoms with Gasteiger partial charge in [-0.15, -0.1) is 0 Å². The predicted octanol–water partition coefficient (Wildman–Crippen LogP) is 3.24. The van der Waals surface area contributed by atoms with Crippen LogP contribution in [0.3, 0.4) is 0 Å². The van der Waals surface area contributed by atoms with Crippen LogP contribution in [0.15, 0.2) is 0 Å². The Kier molecular flexibility index (Phi) is 5.48. The maximum absolute atomic E-state index is 11.6. The Bertz CT molecular complexity index is 309. The summed E-state index contributed by atoms with van der Waals surface area (Å²) in [5, 5.41) is 6.69. The summed E-state index contributed by atoms with van der Waals surface area (Å²) < 4.78 is 0. The van der Waals surface area contributed by atoms with E-state index < -0.39 is 0 Å². The van der Waals surface area contributed by atoms with Gasteiger partial charge in [-0.25, -0.2) is 0 Å². The summed E-state index contributed by atoms with van der Waals surface area (Å²) in [6.45, 7) is 8.08. The number of rotatable bonds is 6. The quantitative estimate of drug-likeness (QED) is 0.733. The van der Waals surface area contributed by atoms with Gasteiger partial charge in [0.25, 0.3) is 0 Å². The van der Waals surface area contributed by atoms with Gasteiger partial charge in [0.15, 0.2) is 0 Å². The van der Waals surface area contributed by atoms with Crippen LogP contribution in [-0.4, -0.2) is 24.5 Å². The van der Waals surface area contributed by atoms with E-state index in [1.807, 2.05) is 0 Å². The second-order valence-corrected chi connectivity index (χ2v) is 7.81. The monoisotopic (exact) mass is 280 g/mol. The standard InChI is InChI=1S/C17H32N2O/c1-17(2,3)13-6-8-14(9-7-13)18-12-4-5-16(20)19-15-10-11-15/h13-15,18H,4-12H2,1-3H3,(H,19,20). The fourth-order valence-electron chi connectivity index (χ4n) is 3.25. The third-order valence-electron chi connectivity index (χ3n) is 4.91. The lowest BCUT2D eigenvalue weighted by molar-refractivity contribution is -0.121. The molecule has 0 heterocycles. The topological polar surface area (TPSA) is 41.1 Å². The molecule has 0 atom stereocenters. The van der Waals surface area contributed by atoms with E-state index in [-0.39, 0.29) is 5.91 Å². The van der Waals surface area contributed by atoms with E-state index >= 15 is 0 Å². The molecule has 1 amide bonds. The average molecular weight is 280 g/mol. The summed E-state index contributed by atoms with van der Waals surface area (Å²) in [6.07, 6.45) is 9.32. The smallest absolute Gasteiger partial charge is 0.220 e. The Hall–Kier alpha value is -0.570. The van der Waals surface area contributed by atoms with Gasteiger partial charge in [0.05, 0.1) is 0 Å². The van der Waals surface area contributed by atoms with Crippen LogP contribution in [0.2, 0.25) is 0 Å². The van der Waals surface area contributed by atoms with Gasteiger partial charge in [-0.05, 0) is 62.8 Å². The van der Waals surface area contributed by atoms with Crippen molar-refractivity contribution in [3.05, 3.63) is 0 Å². The zero-order chi connectivity index (χ0) is 14.6.